The van der Waals surface area contributed by atoms with Crippen molar-refractivity contribution in [2.24, 2.45) is 5.92 Å². The third-order valence-electron chi connectivity index (χ3n) is 11.2. The molecule has 2 fully saturated rings. The highest BCUT2D eigenvalue weighted by Gasteiger charge is 2.34. The van der Waals surface area contributed by atoms with Crippen LogP contribution < -0.4 is 10.6 Å². The van der Waals surface area contributed by atoms with Gasteiger partial charge in [0.05, 0.1) is 36.6 Å². The number of nitrogens with zero attached hydrogens (tertiary/aromatic N) is 8. The summed E-state index contributed by atoms with van der Waals surface area (Å²) >= 11 is 0. The van der Waals surface area contributed by atoms with Crippen molar-refractivity contribution in [2.75, 3.05) is 56.6 Å². The van der Waals surface area contributed by atoms with Gasteiger partial charge < -0.3 is 35.4 Å². The number of anilines is 2. The van der Waals surface area contributed by atoms with Crippen LogP contribution in [0, 0.1) is 5.92 Å². The SMILES string of the molecule is CC(C)c1cc(C(=O)N2Cc3ccc(CN4CCC(C(=O)N5CCc6c(nc(-c7cnc(N)nc7)nc6N6CCOCC6)C5)CC4)cc3C2)c(O)cc1O. The van der Waals surface area contributed by atoms with Crippen molar-refractivity contribution in [3.05, 3.63) is 81.8 Å². The maximum Gasteiger partial charge on any atom is 0.258 e. The Morgan fingerprint density at radius 2 is 1.63 bits per heavy atom. The van der Waals surface area contributed by atoms with Crippen LogP contribution in [0.25, 0.3) is 11.4 Å². The number of aromatic hydroxyl groups is 2. The third kappa shape index (κ3) is 7.15. The van der Waals surface area contributed by atoms with Crippen LogP contribution >= 0.6 is 0 Å². The summed E-state index contributed by atoms with van der Waals surface area (Å²) in [5.74, 6) is 1.31. The van der Waals surface area contributed by atoms with Crippen LogP contribution in [-0.2, 0) is 42.1 Å². The number of piperidine rings is 1. The second kappa shape index (κ2) is 14.8. The number of nitrogen functional groups attached to an aromatic ring is 1. The molecule has 2 amide bonds. The van der Waals surface area contributed by atoms with Crippen molar-refractivity contribution in [3.8, 4) is 22.9 Å². The minimum atomic E-state index is -0.252. The van der Waals surface area contributed by atoms with E-state index in [1.54, 1.807) is 23.4 Å². The van der Waals surface area contributed by atoms with Gasteiger partial charge in [0, 0.05) is 69.2 Å². The molecule has 4 aliphatic heterocycles. The molecule has 2 aromatic carbocycles. The summed E-state index contributed by atoms with van der Waals surface area (Å²) in [6.45, 7) is 11.1. The second-order valence-electron chi connectivity index (χ2n) is 15.1. The number of hydrogen-bond donors (Lipinski definition) is 3. The number of ether oxygens (including phenoxy) is 1. The summed E-state index contributed by atoms with van der Waals surface area (Å²) < 4.78 is 5.61. The predicted molar refractivity (Wildman–Crippen MR) is 202 cm³/mol. The number of carbonyl (C=O) groups excluding carboxylic acids is 2. The van der Waals surface area contributed by atoms with Gasteiger partial charge in [-0.2, -0.15) is 0 Å². The largest absolute Gasteiger partial charge is 0.508 e. The van der Waals surface area contributed by atoms with E-state index in [9.17, 15) is 19.8 Å². The van der Waals surface area contributed by atoms with E-state index in [0.29, 0.717) is 62.8 Å². The summed E-state index contributed by atoms with van der Waals surface area (Å²) in [5.41, 5.74) is 12.6. The van der Waals surface area contributed by atoms with Crippen molar-refractivity contribution >= 4 is 23.6 Å². The molecule has 0 bridgehead atoms. The molecular weight excluding hydrogens is 686 g/mol. The Kier molecular flexibility index (Phi) is 9.80. The van der Waals surface area contributed by atoms with Crippen LogP contribution in [0.3, 0.4) is 0 Å². The van der Waals surface area contributed by atoms with Gasteiger partial charge in [-0.15, -0.1) is 0 Å². The van der Waals surface area contributed by atoms with E-state index < -0.39 is 0 Å². The molecule has 8 rings (SSSR count). The molecule has 282 valence electrons. The highest BCUT2D eigenvalue weighted by atomic mass is 16.5. The minimum Gasteiger partial charge on any atom is -0.508 e. The Labute approximate surface area is 314 Å². The van der Waals surface area contributed by atoms with E-state index in [1.165, 1.54) is 11.6 Å². The van der Waals surface area contributed by atoms with Gasteiger partial charge in [0.15, 0.2) is 5.82 Å². The molecular formula is C40H47N9O5. The number of aromatic nitrogens is 4. The van der Waals surface area contributed by atoms with E-state index in [-0.39, 0.29) is 46.7 Å². The number of likely N-dealkylation sites (tertiary alicyclic amines) is 1. The molecule has 0 aliphatic carbocycles. The predicted octanol–water partition coefficient (Wildman–Crippen LogP) is 3.84. The lowest BCUT2D eigenvalue weighted by Gasteiger charge is -2.37. The second-order valence-corrected chi connectivity index (χ2v) is 15.1. The zero-order valence-electron chi connectivity index (χ0n) is 30.9. The molecule has 4 aliphatic rings. The molecule has 4 N–H and O–H groups in total. The highest BCUT2D eigenvalue weighted by Crippen LogP contribution is 2.35. The Morgan fingerprint density at radius 3 is 2.37 bits per heavy atom. The van der Waals surface area contributed by atoms with Crippen molar-refractivity contribution in [1.82, 2.24) is 34.6 Å². The summed E-state index contributed by atoms with van der Waals surface area (Å²) in [6.07, 6.45) is 5.56. The van der Waals surface area contributed by atoms with Crippen LogP contribution in [0.1, 0.15) is 76.5 Å². The average Bonchev–Trinajstić information content (AvgIpc) is 3.61. The lowest BCUT2D eigenvalue weighted by Crippen LogP contribution is -2.45. The normalized spacial score (nSPS) is 17.9. The third-order valence-corrected chi connectivity index (χ3v) is 11.2. The number of carbonyl (C=O) groups is 2. The molecule has 6 heterocycles. The van der Waals surface area contributed by atoms with Gasteiger partial charge >= 0.3 is 0 Å². The average molecular weight is 734 g/mol. The Balaban J connectivity index is 0.891. The highest BCUT2D eigenvalue weighted by molar-refractivity contribution is 5.97. The first-order chi connectivity index (χ1) is 26.1. The van der Waals surface area contributed by atoms with E-state index in [0.717, 1.165) is 73.8 Å². The number of amides is 2. The van der Waals surface area contributed by atoms with Crippen LogP contribution in [0.5, 0.6) is 11.5 Å². The van der Waals surface area contributed by atoms with Crippen LogP contribution in [0.4, 0.5) is 11.8 Å². The van der Waals surface area contributed by atoms with Gasteiger partial charge in [-0.1, -0.05) is 32.0 Å². The quantitative estimate of drug-likeness (QED) is 0.251. The Bertz CT molecular complexity index is 2060. The van der Waals surface area contributed by atoms with Gasteiger partial charge in [0.2, 0.25) is 11.9 Å². The van der Waals surface area contributed by atoms with E-state index in [4.69, 9.17) is 20.4 Å². The van der Waals surface area contributed by atoms with Crippen LogP contribution in [0.15, 0.2) is 42.7 Å². The van der Waals surface area contributed by atoms with E-state index in [2.05, 4.69) is 38.0 Å². The molecule has 0 unspecified atom stereocenters. The number of hydrogen-bond acceptors (Lipinski definition) is 12. The number of morpholine rings is 1. The molecule has 2 aromatic heterocycles. The molecule has 0 radical (unpaired) electrons. The monoisotopic (exact) mass is 733 g/mol. The van der Waals surface area contributed by atoms with Gasteiger partial charge in [-0.05, 0) is 66.6 Å². The van der Waals surface area contributed by atoms with Gasteiger partial charge in [0.25, 0.3) is 5.91 Å². The number of nitrogens with two attached hydrogens (primary N) is 1. The van der Waals surface area contributed by atoms with Gasteiger partial charge in [-0.3, -0.25) is 14.5 Å². The van der Waals surface area contributed by atoms with Gasteiger partial charge in [0.1, 0.15) is 17.3 Å². The van der Waals surface area contributed by atoms with Crippen molar-refractivity contribution in [2.45, 2.75) is 65.2 Å². The first-order valence-corrected chi connectivity index (χ1v) is 18.9. The lowest BCUT2D eigenvalue weighted by atomic mass is 9.93. The lowest BCUT2D eigenvalue weighted by molar-refractivity contribution is -0.138. The maximum atomic E-state index is 14.0. The summed E-state index contributed by atoms with van der Waals surface area (Å²) in [7, 11) is 0. The number of fused-ring (bicyclic) bond motifs is 2. The smallest absolute Gasteiger partial charge is 0.258 e. The van der Waals surface area contributed by atoms with Gasteiger partial charge in [-0.25, -0.2) is 19.9 Å². The maximum absolute atomic E-state index is 14.0. The topological polar surface area (TPSA) is 174 Å². The fourth-order valence-corrected chi connectivity index (χ4v) is 8.16. The molecule has 0 saturated carbocycles. The summed E-state index contributed by atoms with van der Waals surface area (Å²) in [4.78, 5) is 54.0. The summed E-state index contributed by atoms with van der Waals surface area (Å²) in [6, 6.07) is 9.27. The molecule has 2 saturated heterocycles. The van der Waals surface area contributed by atoms with Crippen molar-refractivity contribution in [1.29, 1.82) is 0 Å². The Morgan fingerprint density at radius 1 is 0.889 bits per heavy atom. The van der Waals surface area contributed by atoms with Crippen molar-refractivity contribution < 1.29 is 24.5 Å². The molecule has 14 nitrogen and oxygen atoms in total. The minimum absolute atomic E-state index is 0.00641. The fraction of sp³-hybridized carbons (Fsp3) is 0.450. The zero-order valence-corrected chi connectivity index (χ0v) is 30.9. The van der Waals surface area contributed by atoms with Crippen molar-refractivity contribution in [3.63, 3.8) is 0 Å². The van der Waals surface area contributed by atoms with E-state index >= 15 is 0 Å². The number of benzene rings is 2. The van der Waals surface area contributed by atoms with Crippen LogP contribution in [-0.4, -0.2) is 103 Å². The Hall–Kier alpha value is -5.34. The molecule has 4 aromatic rings. The fourth-order valence-electron chi connectivity index (χ4n) is 8.16. The standard InChI is InChI=1S/C40H47N9O5/c1-24(2)31-16-32(35(51)17-34(31)50)39(53)49-21-27-4-3-25(15-28(27)22-49)20-46-8-5-26(6-9-46)38(52)48-10-7-30-33(23-48)44-36(29-18-42-40(41)43-19-29)45-37(30)47-11-13-54-14-12-47/h3-4,15-19,24,26,50-51H,5-14,20-23H2,1-2H3,(H2,41,42,43). The molecule has 0 spiro atoms. The molecule has 54 heavy (non-hydrogen) atoms. The first kappa shape index (κ1) is 35.7. The molecule has 0 atom stereocenters. The van der Waals surface area contributed by atoms with Crippen LogP contribution in [0.2, 0.25) is 0 Å². The van der Waals surface area contributed by atoms with E-state index in [1.807, 2.05) is 18.7 Å². The number of rotatable bonds is 7. The first-order valence-electron chi connectivity index (χ1n) is 18.9. The number of phenols is 2. The zero-order chi connectivity index (χ0) is 37.5. The number of phenolic OH excluding ortho intramolecular Hbond substituents is 2. The summed E-state index contributed by atoms with van der Waals surface area (Å²) in [5, 5.41) is 20.7. The molecule has 14 heteroatoms.